The molecule has 2 N–H and O–H groups in total. The van der Waals surface area contributed by atoms with Crippen molar-refractivity contribution >= 4 is 17.1 Å². The van der Waals surface area contributed by atoms with E-state index in [0.717, 1.165) is 12.2 Å². The molecule has 0 saturated carbocycles. The quantitative estimate of drug-likeness (QED) is 0.750. The van der Waals surface area contributed by atoms with E-state index in [9.17, 15) is 0 Å². The van der Waals surface area contributed by atoms with Crippen molar-refractivity contribution in [2.45, 2.75) is 13.8 Å². The molecule has 0 bridgehead atoms. The van der Waals surface area contributed by atoms with E-state index in [1.807, 2.05) is 27.0 Å². The predicted octanol–water partition coefficient (Wildman–Crippen LogP) is 1.62. The molecule has 3 aromatic heterocycles. The van der Waals surface area contributed by atoms with Crippen LogP contribution >= 0.6 is 0 Å². The Morgan fingerprint density at radius 2 is 2.25 bits per heavy atom. The third-order valence-electron chi connectivity index (χ3n) is 2.75. The Labute approximate surface area is 115 Å². The van der Waals surface area contributed by atoms with Crippen LogP contribution in [0.2, 0.25) is 0 Å². The molecule has 20 heavy (non-hydrogen) atoms. The second-order valence-corrected chi connectivity index (χ2v) is 4.33. The molecule has 0 spiro atoms. The lowest BCUT2D eigenvalue weighted by Crippen LogP contribution is -2.04. The van der Waals surface area contributed by atoms with Gasteiger partial charge in [-0.3, -0.25) is 0 Å². The average molecular weight is 273 g/mol. The number of ether oxygens (including phenoxy) is 1. The Hall–Kier alpha value is -2.64. The van der Waals surface area contributed by atoms with Gasteiger partial charge in [-0.25, -0.2) is 9.67 Å². The summed E-state index contributed by atoms with van der Waals surface area (Å²) >= 11 is 0. The van der Waals surface area contributed by atoms with Crippen LogP contribution in [0.4, 0.5) is 5.95 Å². The van der Waals surface area contributed by atoms with Gasteiger partial charge in [0.15, 0.2) is 5.65 Å². The van der Waals surface area contributed by atoms with Crippen LogP contribution in [-0.4, -0.2) is 36.3 Å². The predicted molar refractivity (Wildman–Crippen MR) is 73.9 cm³/mol. The van der Waals surface area contributed by atoms with Crippen LogP contribution < -0.4 is 10.1 Å². The summed E-state index contributed by atoms with van der Waals surface area (Å²) in [7, 11) is 1.82. The van der Waals surface area contributed by atoms with Crippen molar-refractivity contribution in [3.63, 3.8) is 0 Å². The summed E-state index contributed by atoms with van der Waals surface area (Å²) in [5.41, 5.74) is 2.10. The highest BCUT2D eigenvalue weighted by Gasteiger charge is 2.13. The molecule has 104 valence electrons. The van der Waals surface area contributed by atoms with Crippen LogP contribution in [-0.2, 0) is 7.05 Å². The van der Waals surface area contributed by atoms with Crippen LogP contribution in [0.15, 0.2) is 12.4 Å². The Balaban J connectivity index is 2.05. The van der Waals surface area contributed by atoms with Crippen LogP contribution in [0.5, 0.6) is 11.8 Å². The van der Waals surface area contributed by atoms with Gasteiger partial charge in [-0.1, -0.05) is 0 Å². The lowest BCUT2D eigenvalue weighted by molar-refractivity contribution is 0.419. The number of aryl methyl sites for hydroxylation is 2. The molecule has 0 aromatic carbocycles. The van der Waals surface area contributed by atoms with Gasteiger partial charge in [-0.15, -0.1) is 0 Å². The number of anilines is 1. The smallest absolute Gasteiger partial charge is 0.252 e. The van der Waals surface area contributed by atoms with E-state index in [1.165, 1.54) is 0 Å². The van der Waals surface area contributed by atoms with Crippen LogP contribution in [0.3, 0.4) is 0 Å². The number of nitrogens with zero attached hydrogens (tertiary/aromatic N) is 5. The second-order valence-electron chi connectivity index (χ2n) is 4.33. The van der Waals surface area contributed by atoms with Gasteiger partial charge in [-0.2, -0.15) is 15.1 Å². The maximum atomic E-state index is 5.83. The first-order chi connectivity index (χ1) is 9.67. The lowest BCUT2D eigenvalue weighted by Gasteiger charge is -2.07. The molecule has 0 fully saturated rings. The van der Waals surface area contributed by atoms with E-state index in [2.05, 4.69) is 30.4 Å². The minimum absolute atomic E-state index is 0.423. The van der Waals surface area contributed by atoms with Gasteiger partial charge in [0, 0.05) is 19.7 Å². The molecule has 0 atom stereocenters. The van der Waals surface area contributed by atoms with Crippen LogP contribution in [0, 0.1) is 6.92 Å². The number of aromatic amines is 1. The summed E-state index contributed by atoms with van der Waals surface area (Å²) < 4.78 is 7.49. The normalized spacial score (nSPS) is 10.9. The fourth-order valence-corrected chi connectivity index (χ4v) is 1.90. The molecule has 3 heterocycles. The first kappa shape index (κ1) is 12.4. The summed E-state index contributed by atoms with van der Waals surface area (Å²) in [6, 6.07) is 1.84. The van der Waals surface area contributed by atoms with Gasteiger partial charge in [0.1, 0.15) is 5.52 Å². The van der Waals surface area contributed by atoms with Gasteiger partial charge in [-0.05, 0) is 13.8 Å². The minimum Gasteiger partial charge on any atom is -0.418 e. The Morgan fingerprint density at radius 3 is 2.95 bits per heavy atom. The number of nitrogens with one attached hydrogen (secondary N) is 2. The van der Waals surface area contributed by atoms with Crippen LogP contribution in [0.25, 0.3) is 11.2 Å². The van der Waals surface area contributed by atoms with E-state index >= 15 is 0 Å². The van der Waals surface area contributed by atoms with Crippen molar-refractivity contribution < 1.29 is 4.74 Å². The fraction of sp³-hybridized carbons (Fsp3) is 0.333. The number of hydrogen-bond acceptors (Lipinski definition) is 6. The summed E-state index contributed by atoms with van der Waals surface area (Å²) in [5.74, 6) is 1.52. The molecule has 0 aliphatic rings. The first-order valence-corrected chi connectivity index (χ1v) is 6.31. The topological polar surface area (TPSA) is 93.5 Å². The highest BCUT2D eigenvalue weighted by Crippen LogP contribution is 2.26. The third-order valence-corrected chi connectivity index (χ3v) is 2.75. The maximum absolute atomic E-state index is 5.83. The molecule has 3 aromatic rings. The van der Waals surface area contributed by atoms with Crippen molar-refractivity contribution in [1.29, 1.82) is 0 Å². The number of imidazole rings is 1. The van der Waals surface area contributed by atoms with Gasteiger partial charge >= 0.3 is 0 Å². The monoisotopic (exact) mass is 273 g/mol. The van der Waals surface area contributed by atoms with Gasteiger partial charge < -0.3 is 15.0 Å². The zero-order valence-corrected chi connectivity index (χ0v) is 11.5. The van der Waals surface area contributed by atoms with E-state index < -0.39 is 0 Å². The van der Waals surface area contributed by atoms with Crippen molar-refractivity contribution in [2.75, 3.05) is 11.9 Å². The fourth-order valence-electron chi connectivity index (χ4n) is 1.90. The first-order valence-electron chi connectivity index (χ1n) is 6.31. The van der Waals surface area contributed by atoms with Crippen molar-refractivity contribution in [1.82, 2.24) is 29.7 Å². The van der Waals surface area contributed by atoms with E-state index in [4.69, 9.17) is 4.74 Å². The van der Waals surface area contributed by atoms with Gasteiger partial charge in [0.05, 0.1) is 12.0 Å². The molecular weight excluding hydrogens is 258 g/mol. The Morgan fingerprint density at radius 1 is 1.40 bits per heavy atom. The molecule has 0 radical (unpaired) electrons. The number of aromatic nitrogens is 6. The Bertz CT molecular complexity index is 745. The zero-order chi connectivity index (χ0) is 14.1. The van der Waals surface area contributed by atoms with Crippen LogP contribution in [0.1, 0.15) is 12.6 Å². The average Bonchev–Trinajstić information content (AvgIpc) is 2.97. The second kappa shape index (κ2) is 4.80. The Kier molecular flexibility index (Phi) is 2.97. The molecule has 0 saturated heterocycles. The van der Waals surface area contributed by atoms with Gasteiger partial charge in [0.2, 0.25) is 11.8 Å². The molecule has 0 aliphatic heterocycles. The summed E-state index contributed by atoms with van der Waals surface area (Å²) in [4.78, 5) is 15.8. The molecule has 0 aliphatic carbocycles. The SMILES string of the molecule is CCNc1nc(Oc2cc(C)nn2C)c2[nH]cnc2n1. The lowest BCUT2D eigenvalue weighted by atomic mass is 10.5. The van der Waals surface area contributed by atoms with Crippen molar-refractivity contribution in [3.05, 3.63) is 18.1 Å². The molecule has 0 amide bonds. The standard InChI is InChI=1S/C12H15N7O/c1-4-13-12-16-10-9(14-6-15-10)11(17-12)20-8-5-7(2)18-19(8)3/h5-6H,4H2,1-3H3,(H2,13,14,15,16,17). The maximum Gasteiger partial charge on any atom is 0.252 e. The zero-order valence-electron chi connectivity index (χ0n) is 11.5. The molecule has 8 nitrogen and oxygen atoms in total. The van der Waals surface area contributed by atoms with Crippen molar-refractivity contribution in [3.8, 4) is 11.8 Å². The summed E-state index contributed by atoms with van der Waals surface area (Å²) in [5, 5.41) is 7.30. The molecule has 8 heteroatoms. The highest BCUT2D eigenvalue weighted by molar-refractivity contribution is 5.77. The van der Waals surface area contributed by atoms with Gasteiger partial charge in [0.25, 0.3) is 5.88 Å². The van der Waals surface area contributed by atoms with E-state index in [0.29, 0.717) is 28.9 Å². The number of fused-ring (bicyclic) bond motifs is 1. The summed E-state index contributed by atoms with van der Waals surface area (Å²) in [6.07, 6.45) is 1.57. The number of H-pyrrole nitrogens is 1. The van der Waals surface area contributed by atoms with E-state index in [1.54, 1.807) is 11.0 Å². The van der Waals surface area contributed by atoms with Crippen molar-refractivity contribution in [2.24, 2.45) is 7.05 Å². The number of hydrogen-bond donors (Lipinski definition) is 2. The molecular formula is C12H15N7O. The molecule has 0 unspecified atom stereocenters. The minimum atomic E-state index is 0.423. The van der Waals surface area contributed by atoms with E-state index in [-0.39, 0.29) is 0 Å². The number of rotatable bonds is 4. The highest BCUT2D eigenvalue weighted by atomic mass is 16.5. The molecule has 3 rings (SSSR count). The third kappa shape index (κ3) is 2.15. The summed E-state index contributed by atoms with van der Waals surface area (Å²) in [6.45, 7) is 4.60. The largest absolute Gasteiger partial charge is 0.418 e.